The fourth-order valence-corrected chi connectivity index (χ4v) is 1.78. The molecule has 0 amide bonds. The zero-order chi connectivity index (χ0) is 12.1. The minimum atomic E-state index is 0.327. The van der Waals surface area contributed by atoms with E-state index in [0.717, 1.165) is 17.3 Å². The van der Waals surface area contributed by atoms with E-state index < -0.39 is 0 Å². The van der Waals surface area contributed by atoms with Gasteiger partial charge in [0, 0.05) is 12.3 Å². The number of hydrogen-bond donors (Lipinski definition) is 0. The average Bonchev–Trinajstić information content (AvgIpc) is 2.80. The SMILES string of the molecule is CCOCc1nnc(CCl)n1-c1ccccc1. The third-order valence-electron chi connectivity index (χ3n) is 2.37. The number of ether oxygens (including phenoxy) is 1. The van der Waals surface area contributed by atoms with Crippen molar-refractivity contribution in [3.8, 4) is 5.69 Å². The Balaban J connectivity index is 2.39. The zero-order valence-electron chi connectivity index (χ0n) is 9.64. The number of alkyl halides is 1. The van der Waals surface area contributed by atoms with Crippen molar-refractivity contribution in [3.05, 3.63) is 42.0 Å². The van der Waals surface area contributed by atoms with Crippen LogP contribution in [0.15, 0.2) is 30.3 Å². The Hall–Kier alpha value is -1.39. The van der Waals surface area contributed by atoms with Crippen LogP contribution in [0.5, 0.6) is 0 Å². The van der Waals surface area contributed by atoms with Gasteiger partial charge in [-0.2, -0.15) is 0 Å². The molecule has 1 heterocycles. The molecule has 0 unspecified atom stereocenters. The molecule has 0 fully saturated rings. The third-order valence-corrected chi connectivity index (χ3v) is 2.61. The molecule has 0 atom stereocenters. The summed E-state index contributed by atoms with van der Waals surface area (Å²) < 4.78 is 7.31. The highest BCUT2D eigenvalue weighted by atomic mass is 35.5. The van der Waals surface area contributed by atoms with E-state index in [2.05, 4.69) is 10.2 Å². The van der Waals surface area contributed by atoms with Crippen LogP contribution in [0.1, 0.15) is 18.6 Å². The first-order valence-corrected chi connectivity index (χ1v) is 6.02. The molecule has 0 saturated heterocycles. The van der Waals surface area contributed by atoms with Gasteiger partial charge in [0.2, 0.25) is 0 Å². The average molecular weight is 252 g/mol. The largest absolute Gasteiger partial charge is 0.374 e. The summed E-state index contributed by atoms with van der Waals surface area (Å²) in [5.41, 5.74) is 1.00. The summed E-state index contributed by atoms with van der Waals surface area (Å²) >= 11 is 5.87. The number of hydrogen-bond acceptors (Lipinski definition) is 3. The lowest BCUT2D eigenvalue weighted by molar-refractivity contribution is 0.127. The first-order chi connectivity index (χ1) is 8.36. The van der Waals surface area contributed by atoms with Crippen molar-refractivity contribution in [2.45, 2.75) is 19.4 Å². The second-order valence-electron chi connectivity index (χ2n) is 3.47. The summed E-state index contributed by atoms with van der Waals surface area (Å²) in [6.45, 7) is 3.04. The molecule has 0 radical (unpaired) electrons. The first-order valence-electron chi connectivity index (χ1n) is 5.49. The van der Waals surface area contributed by atoms with E-state index in [4.69, 9.17) is 16.3 Å². The van der Waals surface area contributed by atoms with Crippen LogP contribution in [-0.2, 0) is 17.2 Å². The molecule has 1 aromatic heterocycles. The molecule has 90 valence electrons. The van der Waals surface area contributed by atoms with E-state index in [-0.39, 0.29) is 0 Å². The molecule has 5 heteroatoms. The fourth-order valence-electron chi connectivity index (χ4n) is 1.60. The second kappa shape index (κ2) is 5.80. The highest BCUT2D eigenvalue weighted by molar-refractivity contribution is 6.16. The quantitative estimate of drug-likeness (QED) is 0.767. The van der Waals surface area contributed by atoms with Gasteiger partial charge >= 0.3 is 0 Å². The highest BCUT2D eigenvalue weighted by Crippen LogP contribution is 2.15. The van der Waals surface area contributed by atoms with Crippen molar-refractivity contribution in [1.82, 2.24) is 14.8 Å². The van der Waals surface area contributed by atoms with Crippen LogP contribution >= 0.6 is 11.6 Å². The van der Waals surface area contributed by atoms with Crippen molar-refractivity contribution in [1.29, 1.82) is 0 Å². The molecule has 2 aromatic rings. The smallest absolute Gasteiger partial charge is 0.163 e. The van der Waals surface area contributed by atoms with Crippen LogP contribution in [0.2, 0.25) is 0 Å². The Morgan fingerprint density at radius 2 is 1.88 bits per heavy atom. The Morgan fingerprint density at radius 1 is 1.18 bits per heavy atom. The van der Waals surface area contributed by atoms with Crippen LogP contribution in [0.25, 0.3) is 5.69 Å². The van der Waals surface area contributed by atoms with Gasteiger partial charge in [0.25, 0.3) is 0 Å². The van der Waals surface area contributed by atoms with Gasteiger partial charge in [-0.3, -0.25) is 4.57 Å². The van der Waals surface area contributed by atoms with Crippen molar-refractivity contribution in [3.63, 3.8) is 0 Å². The van der Waals surface area contributed by atoms with Crippen molar-refractivity contribution >= 4 is 11.6 Å². The maximum absolute atomic E-state index is 5.87. The molecule has 0 spiro atoms. The molecule has 0 saturated carbocycles. The number of nitrogens with zero attached hydrogens (tertiary/aromatic N) is 3. The summed E-state index contributed by atoms with van der Waals surface area (Å²) in [6.07, 6.45) is 0. The summed E-state index contributed by atoms with van der Waals surface area (Å²) in [7, 11) is 0. The van der Waals surface area contributed by atoms with Crippen LogP contribution in [-0.4, -0.2) is 21.4 Å². The molecule has 17 heavy (non-hydrogen) atoms. The maximum atomic E-state index is 5.87. The normalized spacial score (nSPS) is 10.7. The van der Waals surface area contributed by atoms with Crippen LogP contribution in [0.3, 0.4) is 0 Å². The Kier molecular flexibility index (Phi) is 4.12. The molecule has 4 nitrogen and oxygen atoms in total. The zero-order valence-corrected chi connectivity index (χ0v) is 10.4. The van der Waals surface area contributed by atoms with E-state index in [0.29, 0.717) is 19.1 Å². The lowest BCUT2D eigenvalue weighted by atomic mass is 10.3. The lowest BCUT2D eigenvalue weighted by Gasteiger charge is -2.08. The highest BCUT2D eigenvalue weighted by Gasteiger charge is 2.12. The van der Waals surface area contributed by atoms with Crippen LogP contribution in [0.4, 0.5) is 0 Å². The Morgan fingerprint density at radius 3 is 2.53 bits per heavy atom. The molecule has 1 aromatic carbocycles. The predicted octanol–water partition coefficient (Wildman–Crippen LogP) is 2.54. The molecule has 0 N–H and O–H groups in total. The number of benzene rings is 1. The third kappa shape index (κ3) is 2.65. The second-order valence-corrected chi connectivity index (χ2v) is 3.74. The van der Waals surface area contributed by atoms with Gasteiger partial charge in [-0.1, -0.05) is 18.2 Å². The fraction of sp³-hybridized carbons (Fsp3) is 0.333. The summed E-state index contributed by atoms with van der Waals surface area (Å²) in [5, 5.41) is 8.17. The summed E-state index contributed by atoms with van der Waals surface area (Å²) in [4.78, 5) is 0. The van der Waals surface area contributed by atoms with Gasteiger partial charge < -0.3 is 4.74 Å². The standard InChI is InChI=1S/C12H14ClN3O/c1-2-17-9-12-15-14-11(8-13)16(12)10-6-4-3-5-7-10/h3-7H,2,8-9H2,1H3. The van der Waals surface area contributed by atoms with E-state index in [1.807, 2.05) is 41.8 Å². The Bertz CT molecular complexity index is 470. The molecule has 0 bridgehead atoms. The van der Waals surface area contributed by atoms with Crippen LogP contribution in [0, 0.1) is 0 Å². The van der Waals surface area contributed by atoms with Gasteiger partial charge in [0.15, 0.2) is 11.6 Å². The molecule has 2 rings (SSSR count). The summed E-state index contributed by atoms with van der Waals surface area (Å²) in [6, 6.07) is 9.90. The molecular weight excluding hydrogens is 238 g/mol. The molecular formula is C12H14ClN3O. The van der Waals surface area contributed by atoms with Gasteiger partial charge in [-0.05, 0) is 19.1 Å². The van der Waals surface area contributed by atoms with Gasteiger partial charge in [0.05, 0.1) is 5.88 Å². The summed E-state index contributed by atoms with van der Waals surface area (Å²) in [5.74, 6) is 1.83. The lowest BCUT2D eigenvalue weighted by Crippen LogP contribution is -2.06. The van der Waals surface area contributed by atoms with E-state index in [1.165, 1.54) is 0 Å². The van der Waals surface area contributed by atoms with E-state index in [1.54, 1.807) is 0 Å². The molecule has 0 aliphatic heterocycles. The number of halogens is 1. The minimum Gasteiger partial charge on any atom is -0.374 e. The van der Waals surface area contributed by atoms with Crippen molar-refractivity contribution in [2.24, 2.45) is 0 Å². The molecule has 0 aliphatic carbocycles. The van der Waals surface area contributed by atoms with Gasteiger partial charge in [-0.25, -0.2) is 0 Å². The van der Waals surface area contributed by atoms with Gasteiger partial charge in [-0.15, -0.1) is 21.8 Å². The van der Waals surface area contributed by atoms with Crippen LogP contribution < -0.4 is 0 Å². The minimum absolute atomic E-state index is 0.327. The maximum Gasteiger partial charge on any atom is 0.163 e. The number of para-hydroxylation sites is 1. The van der Waals surface area contributed by atoms with E-state index in [9.17, 15) is 0 Å². The molecule has 0 aliphatic rings. The monoisotopic (exact) mass is 251 g/mol. The topological polar surface area (TPSA) is 39.9 Å². The Labute approximate surface area is 105 Å². The van der Waals surface area contributed by atoms with Crippen molar-refractivity contribution in [2.75, 3.05) is 6.61 Å². The predicted molar refractivity (Wildman–Crippen MR) is 66.2 cm³/mol. The number of rotatable bonds is 5. The van der Waals surface area contributed by atoms with Gasteiger partial charge in [0.1, 0.15) is 6.61 Å². The van der Waals surface area contributed by atoms with E-state index >= 15 is 0 Å². The number of aromatic nitrogens is 3. The van der Waals surface area contributed by atoms with Crippen molar-refractivity contribution < 1.29 is 4.74 Å². The first kappa shape index (κ1) is 12.1.